The van der Waals surface area contributed by atoms with E-state index in [-0.39, 0.29) is 18.8 Å². The van der Waals surface area contributed by atoms with E-state index in [1.165, 1.54) is 0 Å². The number of ether oxygens (including phenoxy) is 3. The molecule has 116 valence electrons. The summed E-state index contributed by atoms with van der Waals surface area (Å²) in [6.45, 7) is 2.33. The summed E-state index contributed by atoms with van der Waals surface area (Å²) < 4.78 is 16.0. The Bertz CT molecular complexity index is 423. The second-order valence-electron chi connectivity index (χ2n) is 4.72. The highest BCUT2D eigenvalue weighted by Crippen LogP contribution is 2.07. The van der Waals surface area contributed by atoms with Crippen molar-refractivity contribution in [3.8, 4) is 0 Å². The number of amides is 1. The fraction of sp³-hybridized carbons (Fsp3) is 0.533. The largest absolute Gasteiger partial charge is 0.375 e. The molecule has 0 spiro atoms. The molecule has 1 aromatic carbocycles. The highest BCUT2D eigenvalue weighted by molar-refractivity contribution is 6.30. The number of benzene rings is 1. The first-order chi connectivity index (χ1) is 10.3. The Hall–Kier alpha value is -1.14. The number of hydrogen-bond acceptors (Lipinski definition) is 4. The van der Waals surface area contributed by atoms with Gasteiger partial charge in [-0.1, -0.05) is 30.3 Å². The molecule has 1 aliphatic rings. The Morgan fingerprint density at radius 1 is 1.33 bits per heavy atom. The Morgan fingerprint density at radius 3 is 2.76 bits per heavy atom. The van der Waals surface area contributed by atoms with Crippen LogP contribution in [-0.2, 0) is 25.6 Å². The summed E-state index contributed by atoms with van der Waals surface area (Å²) in [4.78, 5) is 11.8. The number of hydrogen-bond donors (Lipinski definition) is 1. The maximum Gasteiger partial charge on any atom is 0.240 e. The molecule has 5 nitrogen and oxygen atoms in total. The molecule has 1 saturated heterocycles. The van der Waals surface area contributed by atoms with E-state index in [4.69, 9.17) is 25.8 Å². The van der Waals surface area contributed by atoms with Gasteiger partial charge in [0, 0.05) is 13.0 Å². The molecule has 0 aliphatic carbocycles. The minimum absolute atomic E-state index is 0.179. The summed E-state index contributed by atoms with van der Waals surface area (Å²) >= 11 is 5.99. The number of halogens is 1. The molecule has 1 aliphatic heterocycles. The van der Waals surface area contributed by atoms with Crippen LogP contribution in [0, 0.1) is 0 Å². The van der Waals surface area contributed by atoms with Crippen LogP contribution in [0.25, 0.3) is 0 Å². The lowest BCUT2D eigenvalue weighted by atomic mass is 10.2. The minimum atomic E-state index is -0.695. The number of nitrogens with one attached hydrogen (secondary N) is 1. The summed E-state index contributed by atoms with van der Waals surface area (Å²) in [6.07, 6.45) is 0.411. The molecule has 1 heterocycles. The van der Waals surface area contributed by atoms with E-state index in [1.807, 2.05) is 30.3 Å². The Labute approximate surface area is 129 Å². The average Bonchev–Trinajstić information content (AvgIpc) is 3.01. The van der Waals surface area contributed by atoms with E-state index in [0.29, 0.717) is 32.8 Å². The Morgan fingerprint density at radius 2 is 2.05 bits per heavy atom. The highest BCUT2D eigenvalue weighted by Gasteiger charge is 2.18. The second-order valence-corrected chi connectivity index (χ2v) is 5.25. The smallest absolute Gasteiger partial charge is 0.240 e. The van der Waals surface area contributed by atoms with Gasteiger partial charge in [0.05, 0.1) is 26.4 Å². The molecule has 1 aromatic rings. The van der Waals surface area contributed by atoms with E-state index in [0.717, 1.165) is 5.56 Å². The van der Waals surface area contributed by atoms with Crippen LogP contribution in [0.2, 0.25) is 0 Å². The van der Waals surface area contributed by atoms with Crippen molar-refractivity contribution in [1.82, 2.24) is 5.32 Å². The van der Waals surface area contributed by atoms with Gasteiger partial charge in [0.15, 0.2) is 6.29 Å². The third kappa shape index (κ3) is 6.01. The molecule has 1 atom stereocenters. The van der Waals surface area contributed by atoms with Crippen molar-refractivity contribution in [3.63, 3.8) is 0 Å². The molecule has 1 N–H and O–H groups in total. The monoisotopic (exact) mass is 313 g/mol. The SMILES string of the molecule is O=C(NCCC1OCCO1)C(Cl)COCc1ccccc1. The van der Waals surface area contributed by atoms with Crippen LogP contribution in [0.1, 0.15) is 12.0 Å². The molecule has 2 rings (SSSR count). The lowest BCUT2D eigenvalue weighted by Gasteiger charge is -2.13. The Balaban J connectivity index is 1.56. The van der Waals surface area contributed by atoms with Gasteiger partial charge < -0.3 is 19.5 Å². The molecule has 1 unspecified atom stereocenters. The van der Waals surface area contributed by atoms with Gasteiger partial charge in [-0.15, -0.1) is 11.6 Å². The minimum Gasteiger partial charge on any atom is -0.375 e. The predicted molar refractivity (Wildman–Crippen MR) is 79.1 cm³/mol. The van der Waals surface area contributed by atoms with Crippen molar-refractivity contribution < 1.29 is 19.0 Å². The van der Waals surface area contributed by atoms with Gasteiger partial charge in [-0.25, -0.2) is 0 Å². The topological polar surface area (TPSA) is 56.8 Å². The first kappa shape index (κ1) is 16.2. The molecule has 21 heavy (non-hydrogen) atoms. The van der Waals surface area contributed by atoms with E-state index < -0.39 is 5.38 Å². The van der Waals surface area contributed by atoms with Gasteiger partial charge in [0.1, 0.15) is 5.38 Å². The van der Waals surface area contributed by atoms with Crippen molar-refractivity contribution in [2.75, 3.05) is 26.4 Å². The quantitative estimate of drug-likeness (QED) is 0.742. The van der Waals surface area contributed by atoms with Crippen molar-refractivity contribution >= 4 is 17.5 Å². The van der Waals surface area contributed by atoms with Crippen LogP contribution in [-0.4, -0.2) is 43.9 Å². The van der Waals surface area contributed by atoms with Crippen molar-refractivity contribution in [1.29, 1.82) is 0 Å². The maximum absolute atomic E-state index is 11.8. The van der Waals surface area contributed by atoms with Crippen LogP contribution in [0.3, 0.4) is 0 Å². The maximum atomic E-state index is 11.8. The van der Waals surface area contributed by atoms with Crippen molar-refractivity contribution in [3.05, 3.63) is 35.9 Å². The highest BCUT2D eigenvalue weighted by atomic mass is 35.5. The molecule has 1 fully saturated rings. The third-order valence-electron chi connectivity index (χ3n) is 3.03. The molecule has 0 bridgehead atoms. The lowest BCUT2D eigenvalue weighted by Crippen LogP contribution is -2.35. The molecule has 1 amide bonds. The van der Waals surface area contributed by atoms with Crippen molar-refractivity contribution in [2.45, 2.75) is 24.7 Å². The van der Waals surface area contributed by atoms with Crippen LogP contribution < -0.4 is 5.32 Å². The van der Waals surface area contributed by atoms with Crippen LogP contribution in [0.4, 0.5) is 0 Å². The fourth-order valence-electron chi connectivity index (χ4n) is 1.93. The fourth-order valence-corrected chi connectivity index (χ4v) is 2.09. The Kier molecular flexibility index (Phi) is 6.95. The van der Waals surface area contributed by atoms with Crippen LogP contribution >= 0.6 is 11.6 Å². The summed E-state index contributed by atoms with van der Waals surface area (Å²) in [5.41, 5.74) is 1.05. The standard InChI is InChI=1S/C15H20ClNO4/c16-13(11-19-10-12-4-2-1-3-5-12)15(18)17-7-6-14-20-8-9-21-14/h1-5,13-14H,6-11H2,(H,17,18). The van der Waals surface area contributed by atoms with E-state index in [9.17, 15) is 4.79 Å². The van der Waals surface area contributed by atoms with Crippen LogP contribution in [0.15, 0.2) is 30.3 Å². The third-order valence-corrected chi connectivity index (χ3v) is 3.35. The molecular weight excluding hydrogens is 294 g/mol. The molecule has 0 radical (unpaired) electrons. The zero-order chi connectivity index (χ0) is 14.9. The summed E-state index contributed by atoms with van der Waals surface area (Å²) in [5.74, 6) is -0.234. The molecule has 6 heteroatoms. The van der Waals surface area contributed by atoms with Gasteiger partial charge >= 0.3 is 0 Å². The van der Waals surface area contributed by atoms with Crippen molar-refractivity contribution in [2.24, 2.45) is 0 Å². The number of rotatable bonds is 8. The first-order valence-electron chi connectivity index (χ1n) is 7.02. The van der Waals surface area contributed by atoms with Gasteiger partial charge in [-0.05, 0) is 5.56 Å². The zero-order valence-corrected chi connectivity index (χ0v) is 12.6. The predicted octanol–water partition coefficient (Wildman–Crippen LogP) is 1.69. The number of carbonyl (C=O) groups excluding carboxylic acids is 1. The van der Waals surface area contributed by atoms with Gasteiger partial charge in [0.2, 0.25) is 5.91 Å². The zero-order valence-electron chi connectivity index (χ0n) is 11.8. The number of alkyl halides is 1. The van der Waals surface area contributed by atoms with Gasteiger partial charge in [-0.3, -0.25) is 4.79 Å². The van der Waals surface area contributed by atoms with E-state index in [1.54, 1.807) is 0 Å². The normalized spacial score (nSPS) is 16.8. The van der Waals surface area contributed by atoms with E-state index in [2.05, 4.69) is 5.32 Å². The van der Waals surface area contributed by atoms with Gasteiger partial charge in [0.25, 0.3) is 0 Å². The average molecular weight is 314 g/mol. The molecule has 0 aromatic heterocycles. The second kappa shape index (κ2) is 9.00. The molecule has 0 saturated carbocycles. The first-order valence-corrected chi connectivity index (χ1v) is 7.46. The van der Waals surface area contributed by atoms with Gasteiger partial charge in [-0.2, -0.15) is 0 Å². The lowest BCUT2D eigenvalue weighted by molar-refractivity contribution is -0.122. The van der Waals surface area contributed by atoms with E-state index >= 15 is 0 Å². The molecular formula is C15H20ClNO4. The summed E-state index contributed by atoms with van der Waals surface area (Å²) in [7, 11) is 0. The summed E-state index contributed by atoms with van der Waals surface area (Å²) in [6, 6.07) is 9.75. The number of carbonyl (C=O) groups is 1. The summed E-state index contributed by atoms with van der Waals surface area (Å²) in [5, 5.41) is 2.05. The van der Waals surface area contributed by atoms with Crippen LogP contribution in [0.5, 0.6) is 0 Å².